The Kier molecular flexibility index (Phi) is 3.04. The molecule has 0 bridgehead atoms. The Hall–Kier alpha value is -1.06. The van der Waals surface area contributed by atoms with Gasteiger partial charge < -0.3 is 4.90 Å². The predicted octanol–water partition coefficient (Wildman–Crippen LogP) is 3.99. The molecule has 0 N–H and O–H groups in total. The van der Waals surface area contributed by atoms with Crippen LogP contribution in [0.3, 0.4) is 0 Å². The molecule has 0 spiro atoms. The third-order valence-corrected chi connectivity index (χ3v) is 4.13. The van der Waals surface area contributed by atoms with E-state index < -0.39 is 0 Å². The monoisotopic (exact) mass is 323 g/mol. The van der Waals surface area contributed by atoms with E-state index in [1.807, 2.05) is 41.3 Å². The van der Waals surface area contributed by atoms with Crippen molar-refractivity contribution in [2.75, 3.05) is 11.4 Å². The van der Waals surface area contributed by atoms with Gasteiger partial charge in [-0.25, -0.2) is 0 Å². The van der Waals surface area contributed by atoms with Crippen LogP contribution < -0.4 is 4.90 Å². The Morgan fingerprint density at radius 2 is 1.94 bits per heavy atom. The maximum atomic E-state index is 12.0. The summed E-state index contributed by atoms with van der Waals surface area (Å²) in [5, 5.41) is 2.70. The van der Waals surface area contributed by atoms with Gasteiger partial charge >= 0.3 is 0 Å². The first-order valence-corrected chi connectivity index (χ1v) is 7.08. The van der Waals surface area contributed by atoms with Crippen molar-refractivity contribution < 1.29 is 4.79 Å². The number of fused-ring (bicyclic) bond motifs is 1. The Morgan fingerprint density at radius 3 is 2.61 bits per heavy atom. The average molecular weight is 325 g/mol. The van der Waals surface area contributed by atoms with Gasteiger partial charge in [0, 0.05) is 23.2 Å². The van der Waals surface area contributed by atoms with Crippen LogP contribution in [-0.4, -0.2) is 17.3 Å². The molecule has 1 aliphatic rings. The van der Waals surface area contributed by atoms with Gasteiger partial charge in [-0.3, -0.25) is 4.79 Å². The number of nitrogens with zero attached hydrogens (tertiary/aromatic N) is 1. The maximum absolute atomic E-state index is 12.0. The van der Waals surface area contributed by atoms with E-state index >= 15 is 0 Å². The summed E-state index contributed by atoms with van der Waals surface area (Å²) in [6.45, 7) is 0.698. The van der Waals surface area contributed by atoms with Crippen LogP contribution in [0.2, 0.25) is 5.02 Å². The maximum Gasteiger partial charge on any atom is 0.228 e. The van der Waals surface area contributed by atoms with E-state index in [4.69, 9.17) is 11.6 Å². The SMILES string of the molecule is O=C1CC(Br)CN1c1cccc2cccc(Cl)c12. The standard InChI is InChI=1S/C14H11BrClNO/c15-10-7-13(18)17(8-10)12-6-2-4-9-3-1-5-11(16)14(9)12/h1-6,10H,7-8H2. The minimum atomic E-state index is 0.143. The Labute approximate surface area is 119 Å². The molecule has 1 aliphatic heterocycles. The van der Waals surface area contributed by atoms with Gasteiger partial charge in [0.05, 0.1) is 10.7 Å². The molecule has 0 radical (unpaired) electrons. The van der Waals surface area contributed by atoms with E-state index in [0.29, 0.717) is 18.0 Å². The second-order valence-electron chi connectivity index (χ2n) is 4.42. The normalized spacial score (nSPS) is 19.8. The molecule has 1 unspecified atom stereocenters. The summed E-state index contributed by atoms with van der Waals surface area (Å²) >= 11 is 9.78. The first-order valence-electron chi connectivity index (χ1n) is 5.78. The van der Waals surface area contributed by atoms with Gasteiger partial charge in [-0.2, -0.15) is 0 Å². The molecule has 4 heteroatoms. The van der Waals surface area contributed by atoms with E-state index in [1.54, 1.807) is 0 Å². The van der Waals surface area contributed by atoms with Crippen molar-refractivity contribution in [3.8, 4) is 0 Å². The molecule has 2 aromatic carbocycles. The zero-order valence-corrected chi connectivity index (χ0v) is 11.9. The number of anilines is 1. The highest BCUT2D eigenvalue weighted by Gasteiger charge is 2.29. The number of halogens is 2. The summed E-state index contributed by atoms with van der Waals surface area (Å²) in [4.78, 5) is 14.0. The fourth-order valence-corrected chi connectivity index (χ4v) is 3.24. The number of carbonyl (C=O) groups excluding carboxylic acids is 1. The van der Waals surface area contributed by atoms with Crippen molar-refractivity contribution in [2.45, 2.75) is 11.2 Å². The molecule has 92 valence electrons. The molecule has 1 heterocycles. The third-order valence-electron chi connectivity index (χ3n) is 3.20. The van der Waals surface area contributed by atoms with Crippen molar-refractivity contribution in [1.82, 2.24) is 0 Å². The van der Waals surface area contributed by atoms with Gasteiger partial charge in [-0.05, 0) is 17.5 Å². The lowest BCUT2D eigenvalue weighted by atomic mass is 10.1. The molecular formula is C14H11BrClNO. The zero-order valence-electron chi connectivity index (χ0n) is 9.57. The second kappa shape index (κ2) is 4.56. The minimum absolute atomic E-state index is 0.143. The number of rotatable bonds is 1. The van der Waals surface area contributed by atoms with Crippen molar-refractivity contribution in [1.29, 1.82) is 0 Å². The van der Waals surface area contributed by atoms with Crippen LogP contribution in [-0.2, 0) is 4.79 Å². The van der Waals surface area contributed by atoms with Crippen molar-refractivity contribution in [3.05, 3.63) is 41.4 Å². The molecule has 1 amide bonds. The van der Waals surface area contributed by atoms with Crippen molar-refractivity contribution in [2.24, 2.45) is 0 Å². The van der Waals surface area contributed by atoms with Gasteiger partial charge in [-0.15, -0.1) is 0 Å². The van der Waals surface area contributed by atoms with Gasteiger partial charge in [0.25, 0.3) is 0 Å². The summed E-state index contributed by atoms with van der Waals surface area (Å²) in [6.07, 6.45) is 0.543. The first kappa shape index (κ1) is 12.0. The van der Waals surface area contributed by atoms with Crippen LogP contribution in [0.25, 0.3) is 10.8 Å². The lowest BCUT2D eigenvalue weighted by Crippen LogP contribution is -2.24. The number of amides is 1. The molecular weight excluding hydrogens is 314 g/mol. The third kappa shape index (κ3) is 1.91. The van der Waals surface area contributed by atoms with Crippen LogP contribution in [0, 0.1) is 0 Å². The smallest absolute Gasteiger partial charge is 0.228 e. The number of hydrogen-bond acceptors (Lipinski definition) is 1. The highest BCUT2D eigenvalue weighted by atomic mass is 79.9. The number of alkyl halides is 1. The van der Waals surface area contributed by atoms with Gasteiger partial charge in [-0.1, -0.05) is 51.8 Å². The van der Waals surface area contributed by atoms with Gasteiger partial charge in [0.15, 0.2) is 0 Å². The van der Waals surface area contributed by atoms with E-state index in [9.17, 15) is 4.79 Å². The molecule has 1 fully saturated rings. The molecule has 2 aromatic rings. The topological polar surface area (TPSA) is 20.3 Å². The van der Waals surface area contributed by atoms with Crippen LogP contribution >= 0.6 is 27.5 Å². The minimum Gasteiger partial charge on any atom is -0.311 e. The molecule has 0 aliphatic carbocycles. The lowest BCUT2D eigenvalue weighted by Gasteiger charge is -2.19. The summed E-state index contributed by atoms with van der Waals surface area (Å²) in [5.74, 6) is 0.143. The molecule has 18 heavy (non-hydrogen) atoms. The van der Waals surface area contributed by atoms with E-state index in [2.05, 4.69) is 15.9 Å². The summed E-state index contributed by atoms with van der Waals surface area (Å²) < 4.78 is 0. The van der Waals surface area contributed by atoms with Crippen LogP contribution in [0.15, 0.2) is 36.4 Å². The van der Waals surface area contributed by atoms with Gasteiger partial charge in [0.1, 0.15) is 0 Å². The molecule has 1 saturated heterocycles. The van der Waals surface area contributed by atoms with Crippen molar-refractivity contribution in [3.63, 3.8) is 0 Å². The average Bonchev–Trinajstić information content (AvgIpc) is 2.68. The second-order valence-corrected chi connectivity index (χ2v) is 6.12. The molecule has 1 atom stereocenters. The first-order chi connectivity index (χ1) is 8.66. The Bertz CT molecular complexity index is 623. The lowest BCUT2D eigenvalue weighted by molar-refractivity contribution is -0.117. The van der Waals surface area contributed by atoms with Gasteiger partial charge in [0.2, 0.25) is 5.91 Å². The Balaban J connectivity index is 2.20. The predicted molar refractivity (Wildman–Crippen MR) is 78.6 cm³/mol. The van der Waals surface area contributed by atoms with Crippen LogP contribution in [0.4, 0.5) is 5.69 Å². The molecule has 0 saturated carbocycles. The van der Waals surface area contributed by atoms with E-state index in [0.717, 1.165) is 16.5 Å². The summed E-state index contributed by atoms with van der Waals surface area (Å²) in [7, 11) is 0. The van der Waals surface area contributed by atoms with Crippen molar-refractivity contribution >= 4 is 49.9 Å². The molecule has 2 nitrogen and oxygen atoms in total. The molecule has 0 aromatic heterocycles. The molecule has 3 rings (SSSR count). The zero-order chi connectivity index (χ0) is 12.7. The number of carbonyl (C=O) groups is 1. The summed E-state index contributed by atoms with van der Waals surface area (Å²) in [5.41, 5.74) is 0.907. The van der Waals surface area contributed by atoms with E-state index in [1.165, 1.54) is 0 Å². The quantitative estimate of drug-likeness (QED) is 0.726. The fraction of sp³-hybridized carbons (Fsp3) is 0.214. The fourth-order valence-electron chi connectivity index (χ4n) is 2.40. The van der Waals surface area contributed by atoms with Crippen LogP contribution in [0.5, 0.6) is 0 Å². The highest BCUT2D eigenvalue weighted by Crippen LogP contribution is 2.35. The number of benzene rings is 2. The Morgan fingerprint density at radius 1 is 1.22 bits per heavy atom. The highest BCUT2D eigenvalue weighted by molar-refractivity contribution is 9.09. The van der Waals surface area contributed by atoms with Crippen LogP contribution in [0.1, 0.15) is 6.42 Å². The largest absolute Gasteiger partial charge is 0.311 e. The van der Waals surface area contributed by atoms with E-state index in [-0.39, 0.29) is 10.7 Å². The summed E-state index contributed by atoms with van der Waals surface area (Å²) in [6, 6.07) is 11.7. The number of hydrogen-bond donors (Lipinski definition) is 0.